The molecule has 2 aromatic heterocycles. The van der Waals surface area contributed by atoms with E-state index < -0.39 is 0 Å². The van der Waals surface area contributed by atoms with Gasteiger partial charge in [0.1, 0.15) is 12.3 Å². The second-order valence-electron chi connectivity index (χ2n) is 5.13. The van der Waals surface area contributed by atoms with E-state index in [1.165, 1.54) is 9.75 Å². The summed E-state index contributed by atoms with van der Waals surface area (Å²) in [5.41, 5.74) is 0. The van der Waals surface area contributed by atoms with E-state index in [0.29, 0.717) is 19.0 Å². The highest BCUT2D eigenvalue weighted by Crippen LogP contribution is 2.16. The van der Waals surface area contributed by atoms with Gasteiger partial charge >= 0.3 is 0 Å². The van der Waals surface area contributed by atoms with Crippen molar-refractivity contribution in [3.8, 4) is 0 Å². The summed E-state index contributed by atoms with van der Waals surface area (Å²) in [4.78, 5) is 18.8. The average Bonchev–Trinajstić information content (AvgIpc) is 3.26. The number of aliphatic imine (C=N–C) groups is 1. The maximum Gasteiger partial charge on any atom is 0.242 e. The van der Waals surface area contributed by atoms with E-state index in [9.17, 15) is 4.79 Å². The molecule has 2 aromatic rings. The summed E-state index contributed by atoms with van der Waals surface area (Å²) in [6, 6.07) is 7.88. The smallest absolute Gasteiger partial charge is 0.242 e. The summed E-state index contributed by atoms with van der Waals surface area (Å²) in [5, 5.41) is 9.17. The average molecular weight is 476 g/mol. The molecular weight excluding hydrogens is 451 g/mol. The van der Waals surface area contributed by atoms with Gasteiger partial charge in [-0.1, -0.05) is 6.92 Å². The van der Waals surface area contributed by atoms with E-state index in [1.807, 2.05) is 13.0 Å². The van der Waals surface area contributed by atoms with E-state index in [1.54, 1.807) is 23.7 Å². The Kier molecular flexibility index (Phi) is 10.2. The number of hydrogen-bond acceptors (Lipinski definition) is 4. The van der Waals surface area contributed by atoms with Crippen molar-refractivity contribution in [3.05, 3.63) is 46.0 Å². The van der Waals surface area contributed by atoms with Crippen LogP contribution in [0.3, 0.4) is 0 Å². The lowest BCUT2D eigenvalue weighted by atomic mass is 10.4. The van der Waals surface area contributed by atoms with Crippen molar-refractivity contribution in [3.63, 3.8) is 0 Å². The molecule has 0 saturated carbocycles. The number of amides is 1. The first-order chi connectivity index (χ1) is 11.7. The van der Waals surface area contributed by atoms with Crippen LogP contribution in [0, 0.1) is 0 Å². The third-order valence-electron chi connectivity index (χ3n) is 3.26. The number of carbonyl (C=O) groups excluding carboxylic acids is 1. The van der Waals surface area contributed by atoms with Crippen molar-refractivity contribution in [2.45, 2.75) is 33.4 Å². The predicted octanol–water partition coefficient (Wildman–Crippen LogP) is 2.89. The number of nitrogens with one attached hydrogen (secondary N) is 3. The van der Waals surface area contributed by atoms with Gasteiger partial charge in [0.15, 0.2) is 5.96 Å². The summed E-state index contributed by atoms with van der Waals surface area (Å²) in [6.45, 7) is 6.03. The van der Waals surface area contributed by atoms with Gasteiger partial charge in [-0.3, -0.25) is 4.79 Å². The normalized spacial score (nSPS) is 10.9. The van der Waals surface area contributed by atoms with Crippen LogP contribution in [0.5, 0.6) is 0 Å². The number of nitrogens with zero attached hydrogens (tertiary/aromatic N) is 1. The lowest BCUT2D eigenvalue weighted by Gasteiger charge is -2.10. The van der Waals surface area contributed by atoms with Crippen LogP contribution in [0.15, 0.2) is 39.9 Å². The maximum atomic E-state index is 11.9. The minimum absolute atomic E-state index is 0. The molecule has 0 unspecified atom stereocenters. The first kappa shape index (κ1) is 21.5. The van der Waals surface area contributed by atoms with Crippen LogP contribution in [-0.4, -0.2) is 25.0 Å². The maximum absolute atomic E-state index is 11.9. The lowest BCUT2D eigenvalue weighted by Crippen LogP contribution is -2.37. The van der Waals surface area contributed by atoms with Crippen molar-refractivity contribution in [2.75, 3.05) is 13.1 Å². The summed E-state index contributed by atoms with van der Waals surface area (Å²) < 4.78 is 5.17. The molecular formula is C17H25IN4O2S. The standard InChI is InChI=1S/C17H24N4O2S.HI/c1-3-14-7-8-15(24-14)11-20-17(18-4-2)21-12-16(22)19-10-13-6-5-9-23-13;/h5-9H,3-4,10-12H2,1-2H3,(H,19,22)(H2,18,20,21);1H. The van der Waals surface area contributed by atoms with Crippen LogP contribution < -0.4 is 16.0 Å². The van der Waals surface area contributed by atoms with Crippen LogP contribution in [0.25, 0.3) is 0 Å². The fraction of sp³-hybridized carbons (Fsp3) is 0.412. The van der Waals surface area contributed by atoms with Gasteiger partial charge in [0.25, 0.3) is 0 Å². The van der Waals surface area contributed by atoms with Crippen LogP contribution in [-0.2, 0) is 24.3 Å². The van der Waals surface area contributed by atoms with Gasteiger partial charge in [-0.15, -0.1) is 35.3 Å². The third kappa shape index (κ3) is 7.91. The molecule has 0 aromatic carbocycles. The minimum Gasteiger partial charge on any atom is -0.467 e. The molecule has 0 spiro atoms. The van der Waals surface area contributed by atoms with Crippen molar-refractivity contribution in [2.24, 2.45) is 4.99 Å². The highest BCUT2D eigenvalue weighted by molar-refractivity contribution is 14.0. The fourth-order valence-electron chi connectivity index (χ4n) is 2.03. The van der Waals surface area contributed by atoms with Crippen LogP contribution in [0.2, 0.25) is 0 Å². The Morgan fingerprint density at radius 3 is 2.56 bits per heavy atom. The van der Waals surface area contributed by atoms with Gasteiger partial charge < -0.3 is 20.4 Å². The number of furan rings is 1. The van der Waals surface area contributed by atoms with E-state index in [0.717, 1.165) is 18.7 Å². The molecule has 3 N–H and O–H groups in total. The van der Waals surface area contributed by atoms with Crippen molar-refractivity contribution in [1.29, 1.82) is 0 Å². The molecule has 0 aliphatic carbocycles. The Balaban J connectivity index is 0.00000312. The zero-order valence-corrected chi connectivity index (χ0v) is 17.6. The van der Waals surface area contributed by atoms with Crippen LogP contribution in [0.1, 0.15) is 29.4 Å². The largest absolute Gasteiger partial charge is 0.467 e. The first-order valence-corrected chi connectivity index (χ1v) is 8.91. The number of guanidine groups is 1. The molecule has 0 fully saturated rings. The molecule has 0 aliphatic heterocycles. The van der Waals surface area contributed by atoms with Gasteiger partial charge in [0, 0.05) is 16.3 Å². The molecule has 1 amide bonds. The summed E-state index contributed by atoms with van der Waals surface area (Å²) >= 11 is 1.79. The first-order valence-electron chi connectivity index (χ1n) is 8.10. The molecule has 0 aliphatic rings. The number of carbonyl (C=O) groups is 1. The highest BCUT2D eigenvalue weighted by atomic mass is 127. The van der Waals surface area contributed by atoms with Crippen molar-refractivity contribution >= 4 is 47.2 Å². The molecule has 0 radical (unpaired) electrons. The quantitative estimate of drug-likeness (QED) is 0.311. The van der Waals surface area contributed by atoms with Crippen LogP contribution in [0.4, 0.5) is 0 Å². The van der Waals surface area contributed by atoms with Crippen molar-refractivity contribution in [1.82, 2.24) is 16.0 Å². The molecule has 138 valence electrons. The monoisotopic (exact) mass is 476 g/mol. The fourth-order valence-corrected chi connectivity index (χ4v) is 2.92. The SMILES string of the molecule is CCNC(=NCC(=O)NCc1ccco1)NCc1ccc(CC)s1.I. The van der Waals surface area contributed by atoms with E-state index in [4.69, 9.17) is 4.42 Å². The van der Waals surface area contributed by atoms with E-state index in [-0.39, 0.29) is 36.4 Å². The zero-order valence-electron chi connectivity index (χ0n) is 14.5. The second kappa shape index (κ2) is 11.9. The molecule has 8 heteroatoms. The molecule has 0 atom stereocenters. The van der Waals surface area contributed by atoms with Gasteiger partial charge in [-0.05, 0) is 37.6 Å². The van der Waals surface area contributed by atoms with E-state index >= 15 is 0 Å². The molecule has 0 bridgehead atoms. The zero-order chi connectivity index (χ0) is 17.2. The Hall–Kier alpha value is -1.55. The number of thiophene rings is 1. The molecule has 2 heterocycles. The Labute approximate surface area is 169 Å². The minimum atomic E-state index is -0.145. The van der Waals surface area contributed by atoms with Crippen molar-refractivity contribution < 1.29 is 9.21 Å². The Morgan fingerprint density at radius 1 is 1.12 bits per heavy atom. The van der Waals surface area contributed by atoms with Gasteiger partial charge in [0.05, 0.1) is 19.4 Å². The molecule has 0 saturated heterocycles. The molecule has 6 nitrogen and oxygen atoms in total. The van der Waals surface area contributed by atoms with Gasteiger partial charge in [-0.2, -0.15) is 0 Å². The third-order valence-corrected chi connectivity index (χ3v) is 4.49. The van der Waals surface area contributed by atoms with Gasteiger partial charge in [0.2, 0.25) is 5.91 Å². The predicted molar refractivity (Wildman–Crippen MR) is 112 cm³/mol. The summed E-state index contributed by atoms with van der Waals surface area (Å²) in [7, 11) is 0. The number of rotatable bonds is 8. The number of aryl methyl sites for hydroxylation is 1. The number of halogens is 1. The van der Waals surface area contributed by atoms with Gasteiger partial charge in [-0.25, -0.2) is 4.99 Å². The topological polar surface area (TPSA) is 78.7 Å². The molecule has 25 heavy (non-hydrogen) atoms. The lowest BCUT2D eigenvalue weighted by molar-refractivity contribution is -0.119. The second-order valence-corrected chi connectivity index (χ2v) is 6.38. The molecule has 2 rings (SSSR count). The van der Waals surface area contributed by atoms with Crippen LogP contribution >= 0.6 is 35.3 Å². The Bertz CT molecular complexity index is 655. The van der Waals surface area contributed by atoms with E-state index in [2.05, 4.69) is 40.0 Å². The summed E-state index contributed by atoms with van der Waals surface area (Å²) in [6.07, 6.45) is 2.63. The highest BCUT2D eigenvalue weighted by Gasteiger charge is 2.04. The Morgan fingerprint density at radius 2 is 1.92 bits per heavy atom. The summed E-state index contributed by atoms with van der Waals surface area (Å²) in [5.74, 6) is 1.21. The number of hydrogen-bond donors (Lipinski definition) is 3.